The van der Waals surface area contributed by atoms with Gasteiger partial charge in [-0.1, -0.05) is 44.2 Å². The maximum Gasteiger partial charge on any atom is 0.328 e. The van der Waals surface area contributed by atoms with E-state index in [-0.39, 0.29) is 12.4 Å². The van der Waals surface area contributed by atoms with Gasteiger partial charge in [-0.3, -0.25) is 0 Å². The Labute approximate surface area is 153 Å². The molecule has 0 unspecified atom stereocenters. The first-order chi connectivity index (χ1) is 11.5. The highest BCUT2D eigenvalue weighted by atomic mass is 35.5. The van der Waals surface area contributed by atoms with Crippen LogP contribution in [0.25, 0.3) is 17.1 Å². The van der Waals surface area contributed by atoms with Crippen LogP contribution < -0.4 is 0 Å². The molecule has 0 aliphatic carbocycles. The van der Waals surface area contributed by atoms with Crippen molar-refractivity contribution in [3.63, 3.8) is 0 Å². The summed E-state index contributed by atoms with van der Waals surface area (Å²) < 4.78 is 0. The lowest BCUT2D eigenvalue weighted by Gasteiger charge is -2.03. The molecule has 3 rings (SSSR count). The third-order valence-corrected chi connectivity index (χ3v) is 3.99. The van der Waals surface area contributed by atoms with E-state index in [0.29, 0.717) is 12.3 Å². The Morgan fingerprint density at radius 3 is 2.56 bits per heavy atom. The molecule has 2 N–H and O–H groups in total. The number of fused-ring (bicyclic) bond motifs is 1. The number of carboxylic acids is 1. The van der Waals surface area contributed by atoms with Crippen LogP contribution >= 0.6 is 12.4 Å². The third-order valence-electron chi connectivity index (χ3n) is 3.99. The number of aromatic amines is 1. The minimum Gasteiger partial charge on any atom is -0.478 e. The molecule has 0 radical (unpaired) electrons. The van der Waals surface area contributed by atoms with Crippen LogP contribution in [0.15, 0.2) is 48.5 Å². The molecule has 0 spiro atoms. The second-order valence-electron chi connectivity index (χ2n) is 6.20. The second-order valence-corrected chi connectivity index (χ2v) is 6.20. The number of halogens is 1. The molecular formula is C20H21ClN2O2. The summed E-state index contributed by atoms with van der Waals surface area (Å²) in [5.41, 5.74) is 5.35. The summed E-state index contributed by atoms with van der Waals surface area (Å²) in [5, 5.41) is 8.65. The van der Waals surface area contributed by atoms with Crippen molar-refractivity contribution in [2.75, 3.05) is 0 Å². The monoisotopic (exact) mass is 356 g/mol. The van der Waals surface area contributed by atoms with Gasteiger partial charge in [0.25, 0.3) is 0 Å². The van der Waals surface area contributed by atoms with Crippen LogP contribution in [0.4, 0.5) is 0 Å². The molecule has 25 heavy (non-hydrogen) atoms. The predicted molar refractivity (Wildman–Crippen MR) is 103 cm³/mol. The lowest BCUT2D eigenvalue weighted by atomic mass is 10.0. The topological polar surface area (TPSA) is 66.0 Å². The number of nitrogens with one attached hydrogen (secondary N) is 1. The molecule has 1 aromatic heterocycles. The molecule has 5 heteroatoms. The zero-order valence-corrected chi connectivity index (χ0v) is 15.0. The molecule has 0 fully saturated rings. The van der Waals surface area contributed by atoms with E-state index in [0.717, 1.165) is 34.1 Å². The smallest absolute Gasteiger partial charge is 0.328 e. The molecule has 130 valence electrons. The van der Waals surface area contributed by atoms with Crippen LogP contribution in [0, 0.1) is 0 Å². The van der Waals surface area contributed by atoms with Gasteiger partial charge < -0.3 is 10.1 Å². The summed E-state index contributed by atoms with van der Waals surface area (Å²) in [5.74, 6) is 0.481. The lowest BCUT2D eigenvalue weighted by Crippen LogP contribution is -1.91. The largest absolute Gasteiger partial charge is 0.478 e. The lowest BCUT2D eigenvalue weighted by molar-refractivity contribution is -0.131. The predicted octanol–water partition coefficient (Wildman–Crippen LogP) is 4.80. The van der Waals surface area contributed by atoms with Crippen molar-refractivity contribution in [1.29, 1.82) is 0 Å². The van der Waals surface area contributed by atoms with Gasteiger partial charge in [0.05, 0.1) is 11.0 Å². The van der Waals surface area contributed by atoms with Gasteiger partial charge in [-0.05, 0) is 40.8 Å². The van der Waals surface area contributed by atoms with Crippen molar-refractivity contribution in [2.24, 2.45) is 0 Å². The van der Waals surface area contributed by atoms with Gasteiger partial charge in [0.15, 0.2) is 0 Å². The van der Waals surface area contributed by atoms with Crippen molar-refractivity contribution in [3.8, 4) is 0 Å². The van der Waals surface area contributed by atoms with Gasteiger partial charge in [0.2, 0.25) is 0 Å². The fraction of sp³-hybridized carbons (Fsp3) is 0.200. The van der Waals surface area contributed by atoms with Crippen LogP contribution in [0.2, 0.25) is 0 Å². The van der Waals surface area contributed by atoms with Crippen molar-refractivity contribution in [2.45, 2.75) is 26.2 Å². The number of carbonyl (C=O) groups is 1. The third kappa shape index (κ3) is 4.70. The SMILES string of the molecule is CC(C)c1ccc2nc(Cc3ccc(/C=C/C(=O)O)cc3)[nH]c2c1.Cl. The molecule has 0 aliphatic heterocycles. The van der Waals surface area contributed by atoms with Crippen LogP contribution in [-0.2, 0) is 11.2 Å². The van der Waals surface area contributed by atoms with E-state index < -0.39 is 5.97 Å². The Morgan fingerprint density at radius 2 is 1.92 bits per heavy atom. The molecule has 1 heterocycles. The highest BCUT2D eigenvalue weighted by Gasteiger charge is 2.06. The first-order valence-corrected chi connectivity index (χ1v) is 8.00. The van der Waals surface area contributed by atoms with Crippen molar-refractivity contribution >= 4 is 35.5 Å². The van der Waals surface area contributed by atoms with Crippen LogP contribution in [0.3, 0.4) is 0 Å². The molecule has 0 saturated carbocycles. The van der Waals surface area contributed by atoms with Gasteiger partial charge in [-0.25, -0.2) is 9.78 Å². The van der Waals surface area contributed by atoms with Crippen molar-refractivity contribution in [1.82, 2.24) is 9.97 Å². The quantitative estimate of drug-likeness (QED) is 0.645. The maximum absolute atomic E-state index is 10.5. The maximum atomic E-state index is 10.5. The van der Waals surface area contributed by atoms with E-state index in [4.69, 9.17) is 5.11 Å². The average molecular weight is 357 g/mol. The Hall–Kier alpha value is -2.59. The first-order valence-electron chi connectivity index (χ1n) is 8.00. The number of hydrogen-bond acceptors (Lipinski definition) is 2. The fourth-order valence-electron chi connectivity index (χ4n) is 2.63. The summed E-state index contributed by atoms with van der Waals surface area (Å²) in [7, 11) is 0. The second kappa shape index (κ2) is 7.99. The zero-order chi connectivity index (χ0) is 17.1. The van der Waals surface area contributed by atoms with E-state index in [2.05, 4.69) is 42.0 Å². The number of rotatable bonds is 5. The summed E-state index contributed by atoms with van der Waals surface area (Å²) in [6.45, 7) is 4.36. The molecule has 0 aliphatic rings. The number of aromatic nitrogens is 2. The molecule has 3 aromatic rings. The Morgan fingerprint density at radius 1 is 1.20 bits per heavy atom. The van der Waals surface area contributed by atoms with E-state index in [1.165, 1.54) is 5.56 Å². The Bertz CT molecular complexity index is 896. The zero-order valence-electron chi connectivity index (χ0n) is 14.2. The molecule has 0 amide bonds. The molecule has 0 bridgehead atoms. The first kappa shape index (κ1) is 18.7. The number of benzene rings is 2. The highest BCUT2D eigenvalue weighted by Crippen LogP contribution is 2.21. The normalized spacial score (nSPS) is 11.2. The number of aliphatic carboxylic acids is 1. The van der Waals surface area contributed by atoms with Crippen LogP contribution in [0.5, 0.6) is 0 Å². The Kier molecular flexibility index (Phi) is 5.99. The van der Waals surface area contributed by atoms with E-state index in [1.54, 1.807) is 6.08 Å². The number of nitrogens with zero attached hydrogens (tertiary/aromatic N) is 1. The summed E-state index contributed by atoms with van der Waals surface area (Å²) in [6, 6.07) is 14.2. The van der Waals surface area contributed by atoms with Gasteiger partial charge in [-0.15, -0.1) is 12.4 Å². The van der Waals surface area contributed by atoms with Crippen LogP contribution in [-0.4, -0.2) is 21.0 Å². The molecule has 0 saturated heterocycles. The van der Waals surface area contributed by atoms with Crippen molar-refractivity contribution < 1.29 is 9.90 Å². The number of hydrogen-bond donors (Lipinski definition) is 2. The van der Waals surface area contributed by atoms with E-state index in [9.17, 15) is 4.79 Å². The Balaban J connectivity index is 0.00000225. The van der Waals surface area contributed by atoms with Crippen molar-refractivity contribution in [3.05, 3.63) is 71.1 Å². The van der Waals surface area contributed by atoms with Gasteiger partial charge >= 0.3 is 5.97 Å². The molecule has 2 aromatic carbocycles. The minimum absolute atomic E-state index is 0. The number of carboxylic acid groups (broad SMARTS) is 1. The van der Waals surface area contributed by atoms with Gasteiger partial charge in [0.1, 0.15) is 5.82 Å². The minimum atomic E-state index is -0.942. The van der Waals surface area contributed by atoms with E-state index >= 15 is 0 Å². The van der Waals surface area contributed by atoms with E-state index in [1.807, 2.05) is 24.3 Å². The number of H-pyrrole nitrogens is 1. The van der Waals surface area contributed by atoms with Gasteiger partial charge in [0, 0.05) is 12.5 Å². The highest BCUT2D eigenvalue weighted by molar-refractivity contribution is 5.85. The summed E-state index contributed by atoms with van der Waals surface area (Å²) in [4.78, 5) is 18.6. The standard InChI is InChI=1S/C20H20N2O2.ClH/c1-13(2)16-8-9-17-18(12-16)22-19(21-17)11-15-5-3-14(4-6-15)7-10-20(23)24;/h3-10,12-13H,11H2,1-2H3,(H,21,22)(H,23,24);1H/b10-7+;. The summed E-state index contributed by atoms with van der Waals surface area (Å²) in [6.07, 6.45) is 3.44. The van der Waals surface area contributed by atoms with Gasteiger partial charge in [-0.2, -0.15) is 0 Å². The molecule has 0 atom stereocenters. The molecule has 4 nitrogen and oxygen atoms in total. The summed E-state index contributed by atoms with van der Waals surface area (Å²) >= 11 is 0. The fourth-order valence-corrected chi connectivity index (χ4v) is 2.63. The molecular weight excluding hydrogens is 336 g/mol. The number of imidazole rings is 1. The van der Waals surface area contributed by atoms with Crippen LogP contribution in [0.1, 0.15) is 42.3 Å². The average Bonchev–Trinajstić information content (AvgIpc) is 2.95.